The van der Waals surface area contributed by atoms with E-state index in [0.717, 1.165) is 21.8 Å². The molecule has 0 aliphatic carbocycles. The summed E-state index contributed by atoms with van der Waals surface area (Å²) < 4.78 is 20.7. The smallest absolute Gasteiger partial charge is 0.190 e. The van der Waals surface area contributed by atoms with Gasteiger partial charge in [-0.25, -0.2) is 9.38 Å². The van der Waals surface area contributed by atoms with Gasteiger partial charge in [0.2, 0.25) is 0 Å². The van der Waals surface area contributed by atoms with Crippen LogP contribution in [0.4, 0.5) is 10.1 Å². The van der Waals surface area contributed by atoms with E-state index in [1.807, 2.05) is 36.4 Å². The van der Waals surface area contributed by atoms with Crippen LogP contribution in [0.1, 0.15) is 5.76 Å². The summed E-state index contributed by atoms with van der Waals surface area (Å²) in [7, 11) is 0. The highest BCUT2D eigenvalue weighted by atomic mass is 35.5. The molecule has 0 spiro atoms. The highest BCUT2D eigenvalue weighted by Gasteiger charge is 2.10. The van der Waals surface area contributed by atoms with E-state index in [1.54, 1.807) is 18.4 Å². The highest BCUT2D eigenvalue weighted by molar-refractivity contribution is 7.07. The van der Waals surface area contributed by atoms with E-state index < -0.39 is 0 Å². The number of benzene rings is 2. The lowest BCUT2D eigenvalue weighted by Gasteiger charge is -2.08. The van der Waals surface area contributed by atoms with Crippen molar-refractivity contribution in [3.8, 4) is 11.3 Å². The molecule has 0 fully saturated rings. The maximum atomic E-state index is 13.1. The monoisotopic (exact) mass is 384 g/mol. The standard InChI is InChI=1S/C20H14ClFN2OS/c21-15-5-3-14(4-6-15)19-13-26-20(23-17-9-7-16(22)8-10-17)24(19)12-18-2-1-11-25-18/h1-11,13H,12H2. The quantitative estimate of drug-likeness (QED) is 0.432. The van der Waals surface area contributed by atoms with Crippen LogP contribution < -0.4 is 4.80 Å². The molecule has 0 aliphatic rings. The Bertz CT molecular complexity index is 1060. The molecule has 26 heavy (non-hydrogen) atoms. The van der Waals surface area contributed by atoms with E-state index in [0.29, 0.717) is 17.3 Å². The summed E-state index contributed by atoms with van der Waals surface area (Å²) in [4.78, 5) is 5.48. The second kappa shape index (κ2) is 7.32. The van der Waals surface area contributed by atoms with Gasteiger partial charge in [0.25, 0.3) is 0 Å². The van der Waals surface area contributed by atoms with Crippen LogP contribution in [-0.2, 0) is 6.54 Å². The van der Waals surface area contributed by atoms with Gasteiger partial charge in [-0.1, -0.05) is 23.7 Å². The lowest BCUT2D eigenvalue weighted by Crippen LogP contribution is -2.16. The van der Waals surface area contributed by atoms with Crippen molar-refractivity contribution in [1.29, 1.82) is 0 Å². The van der Waals surface area contributed by atoms with Crippen LogP contribution in [0.3, 0.4) is 0 Å². The summed E-state index contributed by atoms with van der Waals surface area (Å²) >= 11 is 7.53. The maximum absolute atomic E-state index is 13.1. The van der Waals surface area contributed by atoms with Gasteiger partial charge in [-0.2, -0.15) is 0 Å². The predicted molar refractivity (Wildman–Crippen MR) is 102 cm³/mol. The van der Waals surface area contributed by atoms with Gasteiger partial charge < -0.3 is 8.98 Å². The van der Waals surface area contributed by atoms with Crippen LogP contribution in [0.2, 0.25) is 5.02 Å². The van der Waals surface area contributed by atoms with E-state index in [1.165, 1.54) is 23.5 Å². The average Bonchev–Trinajstić information content (AvgIpc) is 3.29. The molecule has 6 heteroatoms. The third-order valence-electron chi connectivity index (χ3n) is 3.88. The van der Waals surface area contributed by atoms with Gasteiger partial charge in [-0.3, -0.25) is 0 Å². The van der Waals surface area contributed by atoms with Gasteiger partial charge in [0.05, 0.1) is 24.2 Å². The molecule has 0 N–H and O–H groups in total. The molecule has 0 radical (unpaired) electrons. The van der Waals surface area contributed by atoms with Crippen molar-refractivity contribution in [1.82, 2.24) is 4.57 Å². The zero-order valence-electron chi connectivity index (χ0n) is 13.6. The Balaban J connectivity index is 1.83. The number of hydrogen-bond acceptors (Lipinski definition) is 3. The first-order valence-electron chi connectivity index (χ1n) is 7.96. The number of furan rings is 1. The topological polar surface area (TPSA) is 30.4 Å². The summed E-state index contributed by atoms with van der Waals surface area (Å²) in [6, 6.07) is 17.6. The number of nitrogens with zero attached hydrogens (tertiary/aromatic N) is 2. The predicted octanol–water partition coefficient (Wildman–Crippen LogP) is 5.88. The molecule has 0 atom stereocenters. The Morgan fingerprint density at radius 3 is 2.50 bits per heavy atom. The van der Waals surface area contributed by atoms with Crippen molar-refractivity contribution in [2.75, 3.05) is 0 Å². The first-order chi connectivity index (χ1) is 12.7. The minimum Gasteiger partial charge on any atom is -0.467 e. The Morgan fingerprint density at radius 1 is 1.04 bits per heavy atom. The fourth-order valence-electron chi connectivity index (χ4n) is 2.61. The third kappa shape index (κ3) is 3.64. The molecule has 0 bridgehead atoms. The van der Waals surface area contributed by atoms with Crippen molar-refractivity contribution >= 4 is 28.6 Å². The molecule has 130 valence electrons. The molecular formula is C20H14ClFN2OS. The summed E-state index contributed by atoms with van der Waals surface area (Å²) in [6.45, 7) is 0.550. The minimum absolute atomic E-state index is 0.277. The Hall–Kier alpha value is -2.63. The van der Waals surface area contributed by atoms with Gasteiger partial charge in [0.15, 0.2) is 4.80 Å². The van der Waals surface area contributed by atoms with Crippen molar-refractivity contribution in [3.05, 3.63) is 93.7 Å². The molecule has 0 saturated carbocycles. The number of thiazole rings is 1. The van der Waals surface area contributed by atoms with Crippen LogP contribution in [-0.4, -0.2) is 4.57 Å². The zero-order chi connectivity index (χ0) is 17.9. The molecule has 0 aliphatic heterocycles. The van der Waals surface area contributed by atoms with E-state index in [9.17, 15) is 4.39 Å². The Morgan fingerprint density at radius 2 is 1.81 bits per heavy atom. The Labute approximate surface area is 158 Å². The molecule has 0 saturated heterocycles. The van der Waals surface area contributed by atoms with Crippen LogP contribution in [0, 0.1) is 5.82 Å². The molecule has 3 nitrogen and oxygen atoms in total. The number of aromatic nitrogens is 1. The summed E-state index contributed by atoms with van der Waals surface area (Å²) in [5.41, 5.74) is 2.76. The zero-order valence-corrected chi connectivity index (χ0v) is 15.2. The van der Waals surface area contributed by atoms with Gasteiger partial charge in [0, 0.05) is 10.4 Å². The highest BCUT2D eigenvalue weighted by Crippen LogP contribution is 2.24. The van der Waals surface area contributed by atoms with E-state index in [-0.39, 0.29) is 5.82 Å². The van der Waals surface area contributed by atoms with Crippen LogP contribution >= 0.6 is 22.9 Å². The number of rotatable bonds is 4. The Kier molecular flexibility index (Phi) is 4.73. The summed E-state index contributed by atoms with van der Waals surface area (Å²) in [5.74, 6) is 0.555. The fraction of sp³-hybridized carbons (Fsp3) is 0.0500. The minimum atomic E-state index is -0.277. The van der Waals surface area contributed by atoms with Gasteiger partial charge in [-0.15, -0.1) is 11.3 Å². The van der Waals surface area contributed by atoms with E-state index >= 15 is 0 Å². The van der Waals surface area contributed by atoms with E-state index in [2.05, 4.69) is 14.9 Å². The SMILES string of the molecule is Fc1ccc(N=c2scc(-c3ccc(Cl)cc3)n2Cc2ccco2)cc1. The van der Waals surface area contributed by atoms with Crippen LogP contribution in [0.5, 0.6) is 0 Å². The second-order valence-electron chi connectivity index (χ2n) is 5.66. The van der Waals surface area contributed by atoms with Crippen molar-refractivity contribution in [2.24, 2.45) is 4.99 Å². The average molecular weight is 385 g/mol. The number of hydrogen-bond donors (Lipinski definition) is 0. The normalized spacial score (nSPS) is 11.8. The fourth-order valence-corrected chi connectivity index (χ4v) is 3.66. The number of halogens is 2. The molecule has 4 aromatic rings. The summed E-state index contributed by atoms with van der Waals surface area (Å²) in [5, 5.41) is 2.74. The third-order valence-corrected chi connectivity index (χ3v) is 5.00. The molecular weight excluding hydrogens is 371 g/mol. The van der Waals surface area contributed by atoms with Gasteiger partial charge in [-0.05, 0) is 54.1 Å². The van der Waals surface area contributed by atoms with Crippen molar-refractivity contribution in [3.63, 3.8) is 0 Å². The molecule has 4 rings (SSSR count). The van der Waals surface area contributed by atoms with Crippen LogP contribution in [0.15, 0.2) is 81.7 Å². The first-order valence-corrected chi connectivity index (χ1v) is 9.22. The molecule has 0 amide bonds. The van der Waals surface area contributed by atoms with Crippen LogP contribution in [0.25, 0.3) is 11.3 Å². The van der Waals surface area contributed by atoms with Gasteiger partial charge in [0.1, 0.15) is 11.6 Å². The largest absolute Gasteiger partial charge is 0.467 e. The van der Waals surface area contributed by atoms with Crippen molar-refractivity contribution < 1.29 is 8.81 Å². The molecule has 2 aromatic carbocycles. The summed E-state index contributed by atoms with van der Waals surface area (Å²) in [6.07, 6.45) is 1.65. The second-order valence-corrected chi connectivity index (χ2v) is 6.94. The van der Waals surface area contributed by atoms with Crippen molar-refractivity contribution in [2.45, 2.75) is 6.54 Å². The first kappa shape index (κ1) is 16.8. The molecule has 2 heterocycles. The lowest BCUT2D eigenvalue weighted by atomic mass is 10.2. The van der Waals surface area contributed by atoms with Gasteiger partial charge >= 0.3 is 0 Å². The lowest BCUT2D eigenvalue weighted by molar-refractivity contribution is 0.492. The molecule has 2 aromatic heterocycles. The van der Waals surface area contributed by atoms with E-state index in [4.69, 9.17) is 16.0 Å². The molecule has 0 unspecified atom stereocenters. The maximum Gasteiger partial charge on any atom is 0.190 e.